The first kappa shape index (κ1) is 41.7. The number of pyridine rings is 4. The van der Waals surface area contributed by atoms with Gasteiger partial charge in [-0.25, -0.2) is 13.8 Å². The van der Waals surface area contributed by atoms with E-state index in [1.165, 1.54) is 24.3 Å². The van der Waals surface area contributed by atoms with E-state index in [0.29, 0.717) is 0 Å². The van der Waals surface area contributed by atoms with Gasteiger partial charge < -0.3 is 0 Å². The topological polar surface area (TPSA) is 56.0 Å². The summed E-state index contributed by atoms with van der Waals surface area (Å²) in [5.41, 5.74) is 20.2. The molecule has 5 nitrogen and oxygen atoms in total. The van der Waals surface area contributed by atoms with Gasteiger partial charge in [-0.05, 0) is 153 Å². The monoisotopic (exact) mass is 915 g/mol. The molecule has 13 aromatic rings. The quantitative estimate of drug-likeness (QED) is 0.143. The Bertz CT molecular complexity index is 4010. The fourth-order valence-corrected chi connectivity index (χ4v) is 10.1. The van der Waals surface area contributed by atoms with Crippen molar-refractivity contribution in [3.8, 4) is 89.3 Å². The van der Waals surface area contributed by atoms with Gasteiger partial charge in [0.05, 0.1) is 33.5 Å². The highest BCUT2D eigenvalue weighted by molar-refractivity contribution is 6.13. The summed E-state index contributed by atoms with van der Waals surface area (Å²) in [6.45, 7) is 0. The Hall–Kier alpha value is -9.46. The van der Waals surface area contributed by atoms with Gasteiger partial charge in [0.15, 0.2) is 0 Å². The second-order valence-corrected chi connectivity index (χ2v) is 17.7. The molecule has 0 radical (unpaired) electrons. The standard InChI is InChI=1S/C64H39F2N5/c65-48-27-21-40(22-28-48)58-31-25-42(37-67-58)50-11-1-3-13-52(50)44-33-45(53-14-4-2-12-51(53)43-26-32-59(68-38-43)41-23-29-49(66)30-24-41)35-46(34-44)54-15-5-6-16-55(54)47-36-57-63(69-39-47)56-17-7-9-19-61(56)71-62-20-10-8-18-60(62)70-64(57)71/h1-39H. The van der Waals surface area contributed by atoms with Crippen molar-refractivity contribution in [3.63, 3.8) is 0 Å². The molecule has 0 aliphatic heterocycles. The summed E-state index contributed by atoms with van der Waals surface area (Å²) in [7, 11) is 0. The zero-order chi connectivity index (χ0) is 47.4. The van der Waals surface area contributed by atoms with Crippen molar-refractivity contribution in [2.75, 3.05) is 0 Å². The maximum Gasteiger partial charge on any atom is 0.147 e. The third-order valence-electron chi connectivity index (χ3n) is 13.5. The highest BCUT2D eigenvalue weighted by Crippen LogP contribution is 2.43. The number of imidazole rings is 1. The molecular weight excluding hydrogens is 877 g/mol. The van der Waals surface area contributed by atoms with Crippen molar-refractivity contribution >= 4 is 38.5 Å². The molecule has 0 aliphatic rings. The first-order valence-electron chi connectivity index (χ1n) is 23.5. The Labute approximate surface area is 407 Å². The van der Waals surface area contributed by atoms with Gasteiger partial charge in [-0.1, -0.05) is 115 Å². The molecule has 0 unspecified atom stereocenters. The minimum Gasteiger partial charge on any atom is -0.292 e. The maximum atomic E-state index is 13.8. The van der Waals surface area contributed by atoms with Crippen molar-refractivity contribution in [2.45, 2.75) is 0 Å². The lowest BCUT2D eigenvalue weighted by atomic mass is 9.86. The van der Waals surface area contributed by atoms with Crippen molar-refractivity contribution < 1.29 is 8.78 Å². The molecule has 5 aromatic heterocycles. The molecule has 0 spiro atoms. The Balaban J connectivity index is 0.990. The fraction of sp³-hybridized carbons (Fsp3) is 0. The molecule has 0 saturated heterocycles. The van der Waals surface area contributed by atoms with Crippen LogP contribution < -0.4 is 0 Å². The fourth-order valence-electron chi connectivity index (χ4n) is 10.1. The van der Waals surface area contributed by atoms with E-state index in [1.54, 1.807) is 24.3 Å². The van der Waals surface area contributed by atoms with Gasteiger partial charge in [0.2, 0.25) is 0 Å². The number of benzene rings is 8. The van der Waals surface area contributed by atoms with Crippen molar-refractivity contribution in [3.05, 3.63) is 249 Å². The largest absolute Gasteiger partial charge is 0.292 e. The van der Waals surface area contributed by atoms with E-state index < -0.39 is 0 Å². The minimum atomic E-state index is -0.283. The van der Waals surface area contributed by atoms with Crippen molar-refractivity contribution in [2.24, 2.45) is 0 Å². The van der Waals surface area contributed by atoms with Gasteiger partial charge in [-0.2, -0.15) is 0 Å². The summed E-state index contributed by atoms with van der Waals surface area (Å²) in [5.74, 6) is -0.565. The molecule has 0 aliphatic carbocycles. The summed E-state index contributed by atoms with van der Waals surface area (Å²) < 4.78 is 29.9. The average molecular weight is 916 g/mol. The summed E-state index contributed by atoms with van der Waals surface area (Å²) in [5, 5.41) is 2.04. The van der Waals surface area contributed by atoms with Crippen LogP contribution in [0.1, 0.15) is 0 Å². The van der Waals surface area contributed by atoms with Crippen LogP contribution in [-0.2, 0) is 0 Å². The first-order valence-corrected chi connectivity index (χ1v) is 23.5. The number of hydrogen-bond donors (Lipinski definition) is 0. The Morgan fingerprint density at radius 3 is 1.21 bits per heavy atom. The number of nitrogens with zero attached hydrogens (tertiary/aromatic N) is 5. The van der Waals surface area contributed by atoms with Crippen LogP contribution in [0.3, 0.4) is 0 Å². The SMILES string of the molecule is Fc1ccc(-c2ccc(-c3ccccc3-c3cc(-c4ccccc4-c4ccc(-c5ccc(F)cc5)nc4)cc(-c4ccccc4-c4cnc5c6ccccc6n6c7ccccc7nc6c5c4)c3)cn2)cc1. The lowest BCUT2D eigenvalue weighted by Crippen LogP contribution is -1.95. The molecule has 334 valence electrons. The second-order valence-electron chi connectivity index (χ2n) is 17.7. The molecule has 0 saturated carbocycles. The summed E-state index contributed by atoms with van der Waals surface area (Å²) >= 11 is 0. The average Bonchev–Trinajstić information content (AvgIpc) is 3.84. The van der Waals surface area contributed by atoms with Crippen LogP contribution >= 0.6 is 0 Å². The van der Waals surface area contributed by atoms with Crippen LogP contribution in [0.4, 0.5) is 8.78 Å². The Morgan fingerprint density at radius 1 is 0.310 bits per heavy atom. The number of aromatic nitrogens is 5. The lowest BCUT2D eigenvalue weighted by Gasteiger charge is -2.18. The van der Waals surface area contributed by atoms with E-state index >= 15 is 0 Å². The van der Waals surface area contributed by atoms with Crippen molar-refractivity contribution in [1.82, 2.24) is 24.3 Å². The van der Waals surface area contributed by atoms with Gasteiger partial charge in [0.25, 0.3) is 0 Å². The molecular formula is C64H39F2N5. The van der Waals surface area contributed by atoms with Gasteiger partial charge in [-0.3, -0.25) is 19.4 Å². The van der Waals surface area contributed by atoms with E-state index in [4.69, 9.17) is 19.9 Å². The van der Waals surface area contributed by atoms with Crippen LogP contribution in [0.2, 0.25) is 0 Å². The maximum absolute atomic E-state index is 13.8. The highest BCUT2D eigenvalue weighted by atomic mass is 19.1. The van der Waals surface area contributed by atoms with Gasteiger partial charge in [-0.15, -0.1) is 0 Å². The molecule has 0 atom stereocenters. The third-order valence-corrected chi connectivity index (χ3v) is 13.5. The molecule has 13 rings (SSSR count). The molecule has 7 heteroatoms. The molecule has 0 N–H and O–H groups in total. The highest BCUT2D eigenvalue weighted by Gasteiger charge is 2.19. The predicted octanol–water partition coefficient (Wildman–Crippen LogP) is 16.6. The predicted molar refractivity (Wildman–Crippen MR) is 284 cm³/mol. The molecule has 0 amide bonds. The van der Waals surface area contributed by atoms with Gasteiger partial charge >= 0.3 is 0 Å². The number of para-hydroxylation sites is 3. The minimum absolute atomic E-state index is 0.283. The number of hydrogen-bond acceptors (Lipinski definition) is 4. The van der Waals surface area contributed by atoms with Gasteiger partial charge in [0.1, 0.15) is 17.3 Å². The van der Waals surface area contributed by atoms with Gasteiger partial charge in [0, 0.05) is 57.2 Å². The van der Waals surface area contributed by atoms with E-state index in [2.05, 4.69) is 156 Å². The zero-order valence-electron chi connectivity index (χ0n) is 38.0. The molecule has 0 bridgehead atoms. The Kier molecular flexibility index (Phi) is 10.1. The molecule has 0 fully saturated rings. The summed E-state index contributed by atoms with van der Waals surface area (Å²) in [4.78, 5) is 20.1. The first-order chi connectivity index (χ1) is 35.0. The molecule has 5 heterocycles. The van der Waals surface area contributed by atoms with Crippen LogP contribution in [0.25, 0.3) is 128 Å². The van der Waals surface area contributed by atoms with Crippen LogP contribution in [0.15, 0.2) is 237 Å². The lowest BCUT2D eigenvalue weighted by molar-refractivity contribution is 0.627. The number of fused-ring (bicyclic) bond motifs is 8. The second kappa shape index (κ2) is 17.3. The normalized spacial score (nSPS) is 11.5. The number of halogens is 2. The number of rotatable bonds is 8. The summed E-state index contributed by atoms with van der Waals surface area (Å²) in [6, 6.07) is 72.2. The summed E-state index contributed by atoms with van der Waals surface area (Å²) in [6.07, 6.45) is 5.78. The zero-order valence-corrected chi connectivity index (χ0v) is 38.0. The van der Waals surface area contributed by atoms with Crippen LogP contribution in [0, 0.1) is 11.6 Å². The third kappa shape index (κ3) is 7.48. The van der Waals surface area contributed by atoms with Crippen LogP contribution in [0.5, 0.6) is 0 Å². The van der Waals surface area contributed by atoms with Crippen LogP contribution in [-0.4, -0.2) is 24.3 Å². The van der Waals surface area contributed by atoms with E-state index in [-0.39, 0.29) is 11.6 Å². The molecule has 71 heavy (non-hydrogen) atoms. The van der Waals surface area contributed by atoms with E-state index in [0.717, 1.165) is 128 Å². The Morgan fingerprint density at radius 2 is 0.718 bits per heavy atom. The van der Waals surface area contributed by atoms with E-state index in [9.17, 15) is 8.78 Å². The smallest absolute Gasteiger partial charge is 0.147 e. The van der Waals surface area contributed by atoms with Crippen molar-refractivity contribution in [1.29, 1.82) is 0 Å². The van der Waals surface area contributed by atoms with E-state index in [1.807, 2.05) is 36.8 Å². The molecule has 8 aromatic carbocycles.